The third-order valence-corrected chi connectivity index (χ3v) is 4.15. The summed E-state index contributed by atoms with van der Waals surface area (Å²) < 4.78 is 5.27. The molecular weight excluding hydrogens is 284 g/mol. The molecule has 136 valence electrons. The van der Waals surface area contributed by atoms with Crippen molar-refractivity contribution in [2.45, 2.75) is 110 Å². The Morgan fingerprint density at radius 1 is 0.696 bits per heavy atom. The molecule has 0 aromatic carbocycles. The third-order valence-electron chi connectivity index (χ3n) is 4.15. The van der Waals surface area contributed by atoms with E-state index in [-0.39, 0.29) is 5.97 Å². The van der Waals surface area contributed by atoms with Crippen LogP contribution in [0.5, 0.6) is 0 Å². The SMILES string of the molecule is CCCCC=CCCCCCCCC(=O)OCCCCCCC. The zero-order chi connectivity index (χ0) is 17.0. The van der Waals surface area contributed by atoms with E-state index in [4.69, 9.17) is 4.74 Å². The van der Waals surface area contributed by atoms with Crippen molar-refractivity contribution in [2.75, 3.05) is 6.61 Å². The molecule has 0 rings (SSSR count). The fourth-order valence-corrected chi connectivity index (χ4v) is 2.58. The molecule has 2 nitrogen and oxygen atoms in total. The number of ether oxygens (including phenoxy) is 1. The lowest BCUT2D eigenvalue weighted by atomic mass is 10.1. The van der Waals surface area contributed by atoms with Crippen LogP contribution >= 0.6 is 0 Å². The number of allylic oxidation sites excluding steroid dienone is 2. The van der Waals surface area contributed by atoms with Crippen LogP contribution in [-0.4, -0.2) is 12.6 Å². The predicted molar refractivity (Wildman–Crippen MR) is 101 cm³/mol. The van der Waals surface area contributed by atoms with Crippen LogP contribution in [0.4, 0.5) is 0 Å². The second-order valence-corrected chi connectivity index (χ2v) is 6.55. The summed E-state index contributed by atoms with van der Waals surface area (Å²) in [7, 11) is 0. The maximum absolute atomic E-state index is 11.6. The second-order valence-electron chi connectivity index (χ2n) is 6.55. The van der Waals surface area contributed by atoms with Gasteiger partial charge in [-0.3, -0.25) is 4.79 Å². The Hall–Kier alpha value is -0.790. The largest absolute Gasteiger partial charge is 0.466 e. The van der Waals surface area contributed by atoms with Crippen molar-refractivity contribution in [1.82, 2.24) is 0 Å². The standard InChI is InChI=1S/C21H40O2/c1-3-5-7-9-10-11-12-13-14-15-17-19-21(22)23-20-18-16-8-6-4-2/h9-10H,3-8,11-20H2,1-2H3. The van der Waals surface area contributed by atoms with Crippen molar-refractivity contribution in [3.05, 3.63) is 12.2 Å². The smallest absolute Gasteiger partial charge is 0.305 e. The van der Waals surface area contributed by atoms with Crippen LogP contribution in [0.15, 0.2) is 12.2 Å². The van der Waals surface area contributed by atoms with Crippen molar-refractivity contribution in [3.8, 4) is 0 Å². The van der Waals surface area contributed by atoms with Gasteiger partial charge in [-0.1, -0.05) is 83.8 Å². The maximum atomic E-state index is 11.6. The number of hydrogen-bond acceptors (Lipinski definition) is 2. The van der Waals surface area contributed by atoms with Gasteiger partial charge in [-0.05, 0) is 32.1 Å². The van der Waals surface area contributed by atoms with E-state index in [1.165, 1.54) is 70.6 Å². The van der Waals surface area contributed by atoms with Gasteiger partial charge in [0, 0.05) is 6.42 Å². The summed E-state index contributed by atoms with van der Waals surface area (Å²) in [5.41, 5.74) is 0. The fourth-order valence-electron chi connectivity index (χ4n) is 2.58. The van der Waals surface area contributed by atoms with Crippen LogP contribution in [-0.2, 0) is 9.53 Å². The van der Waals surface area contributed by atoms with Gasteiger partial charge < -0.3 is 4.74 Å². The van der Waals surface area contributed by atoms with E-state index < -0.39 is 0 Å². The molecule has 0 radical (unpaired) electrons. The second kappa shape index (κ2) is 19.3. The molecule has 0 aliphatic rings. The van der Waals surface area contributed by atoms with Crippen molar-refractivity contribution in [2.24, 2.45) is 0 Å². The molecule has 0 fully saturated rings. The lowest BCUT2D eigenvalue weighted by Gasteiger charge is -2.05. The van der Waals surface area contributed by atoms with Gasteiger partial charge in [-0.2, -0.15) is 0 Å². The highest BCUT2D eigenvalue weighted by atomic mass is 16.5. The number of carbonyl (C=O) groups is 1. The van der Waals surface area contributed by atoms with E-state index in [1.807, 2.05) is 0 Å². The number of rotatable bonds is 17. The number of carbonyl (C=O) groups excluding carboxylic acids is 1. The fraction of sp³-hybridized carbons (Fsp3) is 0.857. The molecule has 0 spiro atoms. The summed E-state index contributed by atoms with van der Waals surface area (Å²) in [6.07, 6.45) is 22.3. The van der Waals surface area contributed by atoms with Gasteiger partial charge in [-0.15, -0.1) is 0 Å². The summed E-state index contributed by atoms with van der Waals surface area (Å²) >= 11 is 0. The first-order valence-electron chi connectivity index (χ1n) is 10.1. The number of hydrogen-bond donors (Lipinski definition) is 0. The van der Waals surface area contributed by atoms with E-state index >= 15 is 0 Å². The van der Waals surface area contributed by atoms with Crippen molar-refractivity contribution in [3.63, 3.8) is 0 Å². The summed E-state index contributed by atoms with van der Waals surface area (Å²) in [4.78, 5) is 11.6. The Balaban J connectivity index is 3.19. The number of unbranched alkanes of at least 4 members (excludes halogenated alkanes) is 11. The number of esters is 1. The molecule has 0 bridgehead atoms. The molecule has 23 heavy (non-hydrogen) atoms. The molecule has 0 aliphatic heterocycles. The molecule has 0 aliphatic carbocycles. The van der Waals surface area contributed by atoms with Crippen molar-refractivity contribution in [1.29, 1.82) is 0 Å². The Bertz CT molecular complexity index is 271. The average molecular weight is 325 g/mol. The first-order valence-corrected chi connectivity index (χ1v) is 10.1. The minimum atomic E-state index is -0.000603. The van der Waals surface area contributed by atoms with Gasteiger partial charge in [0.15, 0.2) is 0 Å². The van der Waals surface area contributed by atoms with E-state index in [2.05, 4.69) is 26.0 Å². The first-order chi connectivity index (χ1) is 11.3. The van der Waals surface area contributed by atoms with Gasteiger partial charge in [0.1, 0.15) is 0 Å². The Kier molecular flexibility index (Phi) is 18.6. The van der Waals surface area contributed by atoms with Crippen LogP contribution in [0.1, 0.15) is 110 Å². The van der Waals surface area contributed by atoms with Crippen LogP contribution in [0, 0.1) is 0 Å². The Morgan fingerprint density at radius 3 is 2.00 bits per heavy atom. The molecule has 0 aromatic rings. The molecule has 0 heterocycles. The van der Waals surface area contributed by atoms with Gasteiger partial charge in [-0.25, -0.2) is 0 Å². The Morgan fingerprint density at radius 2 is 1.26 bits per heavy atom. The lowest BCUT2D eigenvalue weighted by molar-refractivity contribution is -0.143. The average Bonchev–Trinajstić information content (AvgIpc) is 2.56. The molecule has 0 aromatic heterocycles. The highest BCUT2D eigenvalue weighted by molar-refractivity contribution is 5.69. The lowest BCUT2D eigenvalue weighted by Crippen LogP contribution is -2.05. The van der Waals surface area contributed by atoms with E-state index in [0.29, 0.717) is 13.0 Å². The summed E-state index contributed by atoms with van der Waals surface area (Å²) in [6.45, 7) is 5.06. The topological polar surface area (TPSA) is 26.3 Å². The minimum Gasteiger partial charge on any atom is -0.466 e. The molecule has 0 unspecified atom stereocenters. The van der Waals surface area contributed by atoms with Crippen LogP contribution in [0.25, 0.3) is 0 Å². The quantitative estimate of drug-likeness (QED) is 0.164. The van der Waals surface area contributed by atoms with Gasteiger partial charge in [0.2, 0.25) is 0 Å². The van der Waals surface area contributed by atoms with Crippen molar-refractivity contribution < 1.29 is 9.53 Å². The monoisotopic (exact) mass is 324 g/mol. The maximum Gasteiger partial charge on any atom is 0.305 e. The molecule has 0 N–H and O–H groups in total. The minimum absolute atomic E-state index is 0.000603. The summed E-state index contributed by atoms with van der Waals surface area (Å²) in [5, 5.41) is 0. The zero-order valence-corrected chi connectivity index (χ0v) is 15.8. The van der Waals surface area contributed by atoms with Gasteiger partial charge in [0.05, 0.1) is 6.61 Å². The highest BCUT2D eigenvalue weighted by Gasteiger charge is 2.02. The highest BCUT2D eigenvalue weighted by Crippen LogP contribution is 2.09. The van der Waals surface area contributed by atoms with Crippen LogP contribution in [0.2, 0.25) is 0 Å². The van der Waals surface area contributed by atoms with Crippen molar-refractivity contribution >= 4 is 5.97 Å². The zero-order valence-electron chi connectivity index (χ0n) is 15.8. The van der Waals surface area contributed by atoms with Gasteiger partial charge in [0.25, 0.3) is 0 Å². The summed E-state index contributed by atoms with van der Waals surface area (Å²) in [6, 6.07) is 0. The van der Waals surface area contributed by atoms with Gasteiger partial charge >= 0.3 is 5.97 Å². The molecule has 0 amide bonds. The van der Waals surface area contributed by atoms with E-state index in [1.54, 1.807) is 0 Å². The molecule has 0 saturated heterocycles. The molecular formula is C21H40O2. The third kappa shape index (κ3) is 19.2. The van der Waals surface area contributed by atoms with Crippen LogP contribution in [0.3, 0.4) is 0 Å². The Labute approximate surface area is 145 Å². The molecule has 0 atom stereocenters. The predicted octanol–water partition coefficient (Wildman–Crippen LogP) is 6.98. The first kappa shape index (κ1) is 22.2. The van der Waals surface area contributed by atoms with E-state index in [0.717, 1.165) is 19.3 Å². The normalized spacial score (nSPS) is 11.2. The van der Waals surface area contributed by atoms with Crippen LogP contribution < -0.4 is 0 Å². The molecule has 2 heteroatoms. The molecule has 0 saturated carbocycles. The summed E-state index contributed by atoms with van der Waals surface area (Å²) in [5.74, 6) is -0.000603. The van der Waals surface area contributed by atoms with E-state index in [9.17, 15) is 4.79 Å².